The molecule has 0 radical (unpaired) electrons. The highest BCUT2D eigenvalue weighted by molar-refractivity contribution is 6.32. The van der Waals surface area contributed by atoms with Crippen molar-refractivity contribution in [1.82, 2.24) is 14.8 Å². The maximum Gasteiger partial charge on any atom is 0.290 e. The van der Waals surface area contributed by atoms with Gasteiger partial charge in [0.15, 0.2) is 6.61 Å². The Morgan fingerprint density at radius 2 is 1.72 bits per heavy atom. The molecule has 1 unspecified atom stereocenters. The standard InChI is InChI=1S/C38H39ClN4O5.C2H6.CH2O2/c1-26-30(7-5-9-34(26)29-6-4-8-33(15-29)46-25-38(45)43-13-10-32(44)22-43)24-48-37-17-36(47-23-28-14-27(18-40)19-41-20-28)31(16-35(37)39)21-42-11-2-3-12-42;1-2;2-1-3/h4-9,14-17,19-20,32,44H,2-3,10-13,21-25H2,1H3;1-2H3;1H,(H,2,3). The van der Waals surface area contributed by atoms with Crippen molar-refractivity contribution in [2.75, 3.05) is 32.8 Å². The predicted molar refractivity (Wildman–Crippen MR) is 203 cm³/mol. The molecule has 0 saturated carbocycles. The summed E-state index contributed by atoms with van der Waals surface area (Å²) in [6, 6.07) is 21.5. The quantitative estimate of drug-likeness (QED) is 0.145. The number of pyridine rings is 1. The number of benzene rings is 3. The van der Waals surface area contributed by atoms with Crippen LogP contribution in [0.1, 0.15) is 60.9 Å². The molecule has 2 fully saturated rings. The Balaban J connectivity index is 0.00000119. The van der Waals surface area contributed by atoms with Crippen LogP contribution in [0.3, 0.4) is 0 Å². The monoisotopic (exact) mass is 742 g/mol. The normalized spacial score (nSPS) is 14.9. The van der Waals surface area contributed by atoms with Gasteiger partial charge in [0.25, 0.3) is 12.4 Å². The van der Waals surface area contributed by atoms with Crippen molar-refractivity contribution in [2.24, 2.45) is 0 Å². The van der Waals surface area contributed by atoms with E-state index >= 15 is 0 Å². The summed E-state index contributed by atoms with van der Waals surface area (Å²) in [7, 11) is 0. The molecule has 1 aromatic heterocycles. The molecule has 3 aromatic carbocycles. The van der Waals surface area contributed by atoms with Crippen LogP contribution in [0.4, 0.5) is 0 Å². The summed E-state index contributed by atoms with van der Waals surface area (Å²) in [5.41, 5.74) is 6.32. The van der Waals surface area contributed by atoms with Crippen LogP contribution in [0.2, 0.25) is 5.02 Å². The highest BCUT2D eigenvalue weighted by Crippen LogP contribution is 2.36. The number of carbonyl (C=O) groups excluding carboxylic acids is 1. The van der Waals surface area contributed by atoms with Gasteiger partial charge in [-0.1, -0.05) is 55.8 Å². The van der Waals surface area contributed by atoms with E-state index in [2.05, 4.69) is 28.9 Å². The molecule has 2 N–H and O–H groups in total. The van der Waals surface area contributed by atoms with E-state index in [4.69, 9.17) is 35.7 Å². The van der Waals surface area contributed by atoms with Crippen LogP contribution in [-0.2, 0) is 29.3 Å². The molecule has 12 heteroatoms. The largest absolute Gasteiger partial charge is 0.488 e. The minimum Gasteiger partial charge on any atom is -0.488 e. The third kappa shape index (κ3) is 11.7. The molecule has 2 aliphatic rings. The maximum atomic E-state index is 12.5. The molecule has 0 spiro atoms. The van der Waals surface area contributed by atoms with Crippen LogP contribution >= 0.6 is 11.6 Å². The topological polar surface area (TPSA) is 145 Å². The van der Waals surface area contributed by atoms with Crippen molar-refractivity contribution in [3.05, 3.63) is 106 Å². The van der Waals surface area contributed by atoms with Gasteiger partial charge in [-0.05, 0) is 85.8 Å². The lowest BCUT2D eigenvalue weighted by atomic mass is 9.96. The Bertz CT molecular complexity index is 1860. The molecule has 4 aromatic rings. The average molecular weight is 743 g/mol. The molecule has 6 rings (SSSR count). The number of aromatic nitrogens is 1. The molecule has 2 aliphatic heterocycles. The molecule has 1 atom stereocenters. The van der Waals surface area contributed by atoms with Crippen molar-refractivity contribution < 1.29 is 34.0 Å². The van der Waals surface area contributed by atoms with Crippen LogP contribution < -0.4 is 14.2 Å². The molecule has 0 bridgehead atoms. The van der Waals surface area contributed by atoms with Gasteiger partial charge >= 0.3 is 0 Å². The highest BCUT2D eigenvalue weighted by atomic mass is 35.5. The van der Waals surface area contributed by atoms with Crippen LogP contribution in [-0.4, -0.2) is 76.3 Å². The van der Waals surface area contributed by atoms with Crippen LogP contribution in [0.25, 0.3) is 11.1 Å². The van der Waals surface area contributed by atoms with Crippen LogP contribution in [0.15, 0.2) is 73.1 Å². The summed E-state index contributed by atoms with van der Waals surface area (Å²) in [5.74, 6) is 1.68. The summed E-state index contributed by atoms with van der Waals surface area (Å²) in [6.07, 6.45) is 5.73. The predicted octanol–water partition coefficient (Wildman–Crippen LogP) is 7.03. The van der Waals surface area contributed by atoms with Crippen LogP contribution in [0.5, 0.6) is 17.2 Å². The number of hydrogen-bond donors (Lipinski definition) is 2. The molecule has 280 valence electrons. The molecule has 2 saturated heterocycles. The third-order valence-corrected chi connectivity index (χ3v) is 9.17. The number of carbonyl (C=O) groups is 2. The van der Waals surface area contributed by atoms with E-state index in [9.17, 15) is 15.2 Å². The van der Waals surface area contributed by atoms with Gasteiger partial charge in [0, 0.05) is 49.2 Å². The average Bonchev–Trinajstić information content (AvgIpc) is 3.87. The van der Waals surface area contributed by atoms with E-state index in [-0.39, 0.29) is 25.6 Å². The van der Waals surface area contributed by atoms with Gasteiger partial charge in [-0.2, -0.15) is 5.26 Å². The highest BCUT2D eigenvalue weighted by Gasteiger charge is 2.25. The van der Waals surface area contributed by atoms with Crippen molar-refractivity contribution in [3.8, 4) is 34.4 Å². The Morgan fingerprint density at radius 3 is 2.43 bits per heavy atom. The van der Waals surface area contributed by atoms with Gasteiger partial charge in [0.05, 0.1) is 16.7 Å². The lowest BCUT2D eigenvalue weighted by Crippen LogP contribution is -2.33. The fourth-order valence-corrected chi connectivity index (χ4v) is 6.42. The number of amides is 1. The van der Waals surface area contributed by atoms with Crippen molar-refractivity contribution in [2.45, 2.75) is 65.9 Å². The fourth-order valence-electron chi connectivity index (χ4n) is 6.18. The number of ether oxygens (including phenoxy) is 3. The molecular formula is C41H47ClN4O7. The molecule has 53 heavy (non-hydrogen) atoms. The Kier molecular flexibility index (Phi) is 15.9. The van der Waals surface area contributed by atoms with Crippen molar-refractivity contribution in [1.29, 1.82) is 5.26 Å². The lowest BCUT2D eigenvalue weighted by Gasteiger charge is -2.20. The second-order valence-corrected chi connectivity index (χ2v) is 12.8. The van der Waals surface area contributed by atoms with E-state index < -0.39 is 6.10 Å². The number of hydrogen-bond acceptors (Lipinski definition) is 9. The van der Waals surface area contributed by atoms with Gasteiger partial charge in [0.1, 0.15) is 36.5 Å². The van der Waals surface area contributed by atoms with E-state index in [1.54, 1.807) is 17.2 Å². The minimum atomic E-state index is -0.459. The molecule has 0 aliphatic carbocycles. The van der Waals surface area contributed by atoms with Gasteiger partial charge in [0.2, 0.25) is 0 Å². The number of nitrogens with zero attached hydrogens (tertiary/aromatic N) is 4. The number of aliphatic hydroxyl groups excluding tert-OH is 1. The summed E-state index contributed by atoms with van der Waals surface area (Å²) >= 11 is 6.80. The minimum absolute atomic E-state index is 0.0739. The SMILES string of the molecule is CC.Cc1c(COc2cc(OCc3cncc(C#N)c3)c(CN3CCCC3)cc2Cl)cccc1-c1cccc(OCC(=O)N2CCC(O)C2)c1.O=CO. The lowest BCUT2D eigenvalue weighted by molar-refractivity contribution is -0.132. The van der Waals surface area contributed by atoms with Gasteiger partial charge in [-0.25, -0.2) is 0 Å². The number of nitriles is 1. The zero-order valence-corrected chi connectivity index (χ0v) is 31.2. The summed E-state index contributed by atoms with van der Waals surface area (Å²) < 4.78 is 18.5. The van der Waals surface area contributed by atoms with Crippen molar-refractivity contribution >= 4 is 24.0 Å². The number of halogens is 1. The maximum absolute atomic E-state index is 12.5. The number of rotatable bonds is 12. The Morgan fingerprint density at radius 1 is 0.981 bits per heavy atom. The van der Waals surface area contributed by atoms with Gasteiger partial charge in [-0.3, -0.25) is 19.5 Å². The van der Waals surface area contributed by atoms with Gasteiger partial charge < -0.3 is 29.3 Å². The Hall–Kier alpha value is -5.15. The van der Waals surface area contributed by atoms with Crippen LogP contribution in [0, 0.1) is 18.3 Å². The van der Waals surface area contributed by atoms with E-state index in [1.807, 2.05) is 62.4 Å². The smallest absolute Gasteiger partial charge is 0.290 e. The first-order valence-electron chi connectivity index (χ1n) is 17.8. The first-order chi connectivity index (χ1) is 25.8. The van der Waals surface area contributed by atoms with E-state index in [0.717, 1.165) is 53.0 Å². The molecule has 11 nitrogen and oxygen atoms in total. The zero-order chi connectivity index (χ0) is 38.2. The first-order valence-corrected chi connectivity index (χ1v) is 18.2. The third-order valence-electron chi connectivity index (χ3n) is 8.88. The molecule has 1 amide bonds. The summed E-state index contributed by atoms with van der Waals surface area (Å²) in [6.45, 7) is 10.00. The first kappa shape index (κ1) is 40.6. The zero-order valence-electron chi connectivity index (χ0n) is 30.5. The van der Waals surface area contributed by atoms with Gasteiger partial charge in [-0.15, -0.1) is 0 Å². The fraction of sp³-hybridized carbons (Fsp3) is 0.366. The number of aliphatic hydroxyl groups is 1. The molecule has 3 heterocycles. The molecular weight excluding hydrogens is 696 g/mol. The summed E-state index contributed by atoms with van der Waals surface area (Å²) in [4.78, 5) is 29.1. The number of carboxylic acid groups (broad SMARTS) is 1. The van der Waals surface area contributed by atoms with E-state index in [0.29, 0.717) is 54.0 Å². The summed E-state index contributed by atoms with van der Waals surface area (Å²) in [5, 5.41) is 26.4. The second kappa shape index (κ2) is 20.8. The number of likely N-dealkylation sites (tertiary alicyclic amines) is 2. The van der Waals surface area contributed by atoms with Crippen molar-refractivity contribution in [3.63, 3.8) is 0 Å². The number of β-amino-alcohol motifs (C(OH)–C–C–N with tert-alkyl or cyclic N) is 1. The second-order valence-electron chi connectivity index (χ2n) is 12.4. The Labute approximate surface area is 316 Å². The van der Waals surface area contributed by atoms with E-state index in [1.165, 1.54) is 19.0 Å².